The maximum Gasteiger partial charge on any atom is 0.254 e. The number of hydrogen-bond donors (Lipinski definition) is 1. The van der Waals surface area contributed by atoms with E-state index in [0.717, 1.165) is 23.1 Å². The third-order valence-electron chi connectivity index (χ3n) is 5.33. The molecule has 1 aliphatic heterocycles. The first-order chi connectivity index (χ1) is 14.1. The maximum absolute atomic E-state index is 13.1. The van der Waals surface area contributed by atoms with Crippen LogP contribution in [0, 0.1) is 0 Å². The van der Waals surface area contributed by atoms with Gasteiger partial charge in [-0.2, -0.15) is 0 Å². The Morgan fingerprint density at radius 2 is 1.79 bits per heavy atom. The van der Waals surface area contributed by atoms with Gasteiger partial charge in [-0.3, -0.25) is 9.59 Å². The summed E-state index contributed by atoms with van der Waals surface area (Å²) in [4.78, 5) is 27.5. The van der Waals surface area contributed by atoms with E-state index in [4.69, 9.17) is 4.74 Å². The summed E-state index contributed by atoms with van der Waals surface area (Å²) in [6, 6.07) is 18.2. The fraction of sp³-hybridized carbons (Fsp3) is 0.417. The number of amides is 2. The molecule has 0 saturated carbocycles. The Hall–Kier alpha value is -2.66. The molecule has 0 aromatic heterocycles. The van der Waals surface area contributed by atoms with E-state index in [1.54, 1.807) is 4.90 Å². The highest BCUT2D eigenvalue weighted by Gasteiger charge is 2.45. The molecule has 1 aliphatic rings. The first-order valence-corrected chi connectivity index (χ1v) is 10.4. The summed E-state index contributed by atoms with van der Waals surface area (Å²) in [6.45, 7) is 5.58. The molecule has 0 bridgehead atoms. The van der Waals surface area contributed by atoms with Crippen molar-refractivity contribution in [1.82, 2.24) is 10.2 Å². The summed E-state index contributed by atoms with van der Waals surface area (Å²) in [5.74, 6) is -0.0716. The third kappa shape index (κ3) is 4.85. The predicted octanol–water partition coefficient (Wildman–Crippen LogP) is 3.43. The number of hydrogen-bond acceptors (Lipinski definition) is 3. The van der Waals surface area contributed by atoms with Gasteiger partial charge in [0.1, 0.15) is 0 Å². The van der Waals surface area contributed by atoms with Gasteiger partial charge in [-0.15, -0.1) is 0 Å². The number of carbonyl (C=O) groups excluding carboxylic acids is 2. The van der Waals surface area contributed by atoms with E-state index < -0.39 is 5.60 Å². The minimum absolute atomic E-state index is 0.0841. The number of morpholine rings is 1. The van der Waals surface area contributed by atoms with E-state index in [1.165, 1.54) is 0 Å². The topological polar surface area (TPSA) is 58.6 Å². The van der Waals surface area contributed by atoms with Crippen molar-refractivity contribution in [2.75, 3.05) is 26.2 Å². The minimum atomic E-state index is -1.08. The van der Waals surface area contributed by atoms with Gasteiger partial charge in [0.05, 0.1) is 13.2 Å². The highest BCUT2D eigenvalue weighted by atomic mass is 16.5. The summed E-state index contributed by atoms with van der Waals surface area (Å²) in [5.41, 5.74) is 2.14. The Kier molecular flexibility index (Phi) is 7.04. The second-order valence-corrected chi connectivity index (χ2v) is 7.47. The van der Waals surface area contributed by atoms with E-state index >= 15 is 0 Å². The van der Waals surface area contributed by atoms with Crippen molar-refractivity contribution in [2.45, 2.75) is 38.7 Å². The fourth-order valence-electron chi connectivity index (χ4n) is 3.90. The summed E-state index contributed by atoms with van der Waals surface area (Å²) >= 11 is 0. The van der Waals surface area contributed by atoms with Gasteiger partial charge in [0.2, 0.25) is 5.91 Å². The Labute approximate surface area is 173 Å². The van der Waals surface area contributed by atoms with Crippen molar-refractivity contribution in [2.24, 2.45) is 0 Å². The van der Waals surface area contributed by atoms with E-state index in [-0.39, 0.29) is 18.4 Å². The zero-order chi connectivity index (χ0) is 20.7. The molecule has 29 heavy (non-hydrogen) atoms. The number of ether oxygens (including phenoxy) is 1. The number of nitrogens with zero attached hydrogens (tertiary/aromatic N) is 1. The van der Waals surface area contributed by atoms with Crippen molar-refractivity contribution < 1.29 is 14.3 Å². The normalized spacial score (nSPS) is 19.0. The number of likely N-dealkylation sites (N-methyl/N-ethyl adjacent to an activating group) is 1. The lowest BCUT2D eigenvalue weighted by atomic mass is 9.87. The van der Waals surface area contributed by atoms with Crippen LogP contribution in [0.5, 0.6) is 0 Å². The zero-order valence-electron chi connectivity index (χ0n) is 17.3. The highest BCUT2D eigenvalue weighted by molar-refractivity contribution is 5.88. The van der Waals surface area contributed by atoms with Crippen LogP contribution in [-0.4, -0.2) is 48.6 Å². The second-order valence-electron chi connectivity index (χ2n) is 7.47. The van der Waals surface area contributed by atoms with Crippen LogP contribution >= 0.6 is 0 Å². The van der Waals surface area contributed by atoms with Crippen molar-refractivity contribution in [1.29, 1.82) is 0 Å². The Balaban J connectivity index is 1.95. The number of carbonyl (C=O) groups is 2. The van der Waals surface area contributed by atoms with Crippen LogP contribution in [0.4, 0.5) is 0 Å². The van der Waals surface area contributed by atoms with Crippen LogP contribution in [-0.2, 0) is 20.7 Å². The van der Waals surface area contributed by atoms with Crippen molar-refractivity contribution >= 4 is 11.8 Å². The van der Waals surface area contributed by atoms with Crippen molar-refractivity contribution in [3.63, 3.8) is 0 Å². The first-order valence-electron chi connectivity index (χ1n) is 10.4. The van der Waals surface area contributed by atoms with Gasteiger partial charge in [0, 0.05) is 25.9 Å². The van der Waals surface area contributed by atoms with Gasteiger partial charge in [-0.25, -0.2) is 0 Å². The summed E-state index contributed by atoms with van der Waals surface area (Å²) in [5, 5.41) is 2.93. The number of nitrogens with one attached hydrogen (secondary N) is 1. The first kappa shape index (κ1) is 21.1. The summed E-state index contributed by atoms with van der Waals surface area (Å²) in [7, 11) is 0. The molecular weight excluding hydrogens is 364 g/mol. The van der Waals surface area contributed by atoms with Gasteiger partial charge in [-0.1, -0.05) is 61.5 Å². The molecule has 1 saturated heterocycles. The van der Waals surface area contributed by atoms with Crippen LogP contribution < -0.4 is 5.32 Å². The van der Waals surface area contributed by atoms with Crippen LogP contribution in [0.2, 0.25) is 0 Å². The molecule has 1 fully saturated rings. The molecule has 2 amide bonds. The second kappa shape index (κ2) is 9.70. The minimum Gasteiger partial charge on any atom is -0.361 e. The van der Waals surface area contributed by atoms with E-state index in [2.05, 4.69) is 23.5 Å². The van der Waals surface area contributed by atoms with Crippen LogP contribution in [0.3, 0.4) is 0 Å². The van der Waals surface area contributed by atoms with Crippen LogP contribution in [0.25, 0.3) is 11.1 Å². The quantitative estimate of drug-likeness (QED) is 0.783. The van der Waals surface area contributed by atoms with E-state index in [0.29, 0.717) is 32.5 Å². The molecule has 0 aliphatic carbocycles. The lowest BCUT2D eigenvalue weighted by molar-refractivity contribution is -0.166. The van der Waals surface area contributed by atoms with Gasteiger partial charge < -0.3 is 15.0 Å². The standard InChI is InChI=1S/C24H30N2O3/c1-3-10-22(27)26-15-16-29-24(18-26,23(28)25-4-2)17-20-13-8-9-14-21(20)19-11-6-5-7-12-19/h5-9,11-14H,3-4,10,15-18H2,1-2H3,(H,25,28)/t24-/m1/s1. The van der Waals surface area contributed by atoms with Crippen LogP contribution in [0.15, 0.2) is 54.6 Å². The number of benzene rings is 2. The smallest absolute Gasteiger partial charge is 0.254 e. The molecule has 5 heteroatoms. The SMILES string of the molecule is CCCC(=O)N1CCO[C@@](Cc2ccccc2-c2ccccc2)(C(=O)NCC)C1. The Morgan fingerprint density at radius 3 is 2.52 bits per heavy atom. The average Bonchev–Trinajstić information content (AvgIpc) is 2.75. The predicted molar refractivity (Wildman–Crippen MR) is 114 cm³/mol. The maximum atomic E-state index is 13.1. The fourth-order valence-corrected chi connectivity index (χ4v) is 3.90. The average molecular weight is 395 g/mol. The molecule has 2 aromatic carbocycles. The highest BCUT2D eigenvalue weighted by Crippen LogP contribution is 2.30. The molecule has 154 valence electrons. The molecule has 2 aromatic rings. The van der Waals surface area contributed by atoms with Gasteiger partial charge in [0.15, 0.2) is 5.60 Å². The Morgan fingerprint density at radius 1 is 1.07 bits per heavy atom. The summed E-state index contributed by atoms with van der Waals surface area (Å²) in [6.07, 6.45) is 1.70. The third-order valence-corrected chi connectivity index (χ3v) is 5.33. The number of rotatable bonds is 7. The van der Waals surface area contributed by atoms with E-state index in [9.17, 15) is 9.59 Å². The van der Waals surface area contributed by atoms with E-state index in [1.807, 2.05) is 50.2 Å². The lowest BCUT2D eigenvalue weighted by Crippen LogP contribution is -2.62. The Bertz CT molecular complexity index is 837. The van der Waals surface area contributed by atoms with Gasteiger partial charge >= 0.3 is 0 Å². The largest absolute Gasteiger partial charge is 0.361 e. The van der Waals surface area contributed by atoms with Crippen molar-refractivity contribution in [3.8, 4) is 11.1 Å². The molecular formula is C24H30N2O3. The lowest BCUT2D eigenvalue weighted by Gasteiger charge is -2.42. The molecule has 0 spiro atoms. The zero-order valence-corrected chi connectivity index (χ0v) is 17.3. The molecule has 1 heterocycles. The monoisotopic (exact) mass is 394 g/mol. The molecule has 3 rings (SSSR count). The van der Waals surface area contributed by atoms with Crippen molar-refractivity contribution in [3.05, 3.63) is 60.2 Å². The molecule has 1 N–H and O–H groups in total. The molecule has 1 atom stereocenters. The van der Waals surface area contributed by atoms with Crippen LogP contribution in [0.1, 0.15) is 32.3 Å². The molecule has 5 nitrogen and oxygen atoms in total. The summed E-state index contributed by atoms with van der Waals surface area (Å²) < 4.78 is 6.13. The molecule has 0 unspecified atom stereocenters. The van der Waals surface area contributed by atoms with Gasteiger partial charge in [0.25, 0.3) is 5.91 Å². The molecule has 0 radical (unpaired) electrons. The van der Waals surface area contributed by atoms with Gasteiger partial charge in [-0.05, 0) is 30.0 Å².